The standard InChI is InChI=1S/C30H47O3P/c1-5-9-10-11-12-15-20-27(30(31-6-2,32-7-3)33-8-4)25-26-34(28-21-16-13-17-22-28)29-23-18-14-19-24-29/h13-14,16-19,21-24,27H,5-12,15,20,25-26H2,1-4H3. The highest BCUT2D eigenvalue weighted by molar-refractivity contribution is 7.73. The van der Waals surface area contributed by atoms with Gasteiger partial charge in [0.15, 0.2) is 0 Å². The van der Waals surface area contributed by atoms with Crippen LogP contribution in [0.15, 0.2) is 60.7 Å². The Balaban J connectivity index is 2.23. The summed E-state index contributed by atoms with van der Waals surface area (Å²) in [6.07, 6.45) is 10.9. The van der Waals surface area contributed by atoms with Crippen molar-refractivity contribution in [2.75, 3.05) is 26.0 Å². The van der Waals surface area contributed by atoms with Crippen LogP contribution in [0.4, 0.5) is 0 Å². The minimum Gasteiger partial charge on any atom is -0.328 e. The lowest BCUT2D eigenvalue weighted by molar-refractivity contribution is -0.402. The van der Waals surface area contributed by atoms with Gasteiger partial charge in [0.1, 0.15) is 0 Å². The zero-order chi connectivity index (χ0) is 24.5. The van der Waals surface area contributed by atoms with Gasteiger partial charge in [-0.15, -0.1) is 0 Å². The van der Waals surface area contributed by atoms with Gasteiger partial charge in [0.05, 0.1) is 0 Å². The molecule has 2 aromatic carbocycles. The fourth-order valence-corrected chi connectivity index (χ4v) is 7.11. The monoisotopic (exact) mass is 486 g/mol. The quantitative estimate of drug-likeness (QED) is 0.116. The maximum Gasteiger partial charge on any atom is 0.285 e. The van der Waals surface area contributed by atoms with Gasteiger partial charge in [-0.25, -0.2) is 0 Å². The van der Waals surface area contributed by atoms with Gasteiger partial charge in [-0.05, 0) is 58.3 Å². The Labute approximate surface area is 210 Å². The van der Waals surface area contributed by atoms with Gasteiger partial charge in [0.2, 0.25) is 0 Å². The second kappa shape index (κ2) is 17.2. The molecule has 0 heterocycles. The Bertz CT molecular complexity index is 681. The highest BCUT2D eigenvalue weighted by Gasteiger charge is 2.41. The Kier molecular flexibility index (Phi) is 14.7. The summed E-state index contributed by atoms with van der Waals surface area (Å²) in [6, 6.07) is 22.0. The minimum absolute atomic E-state index is 0.205. The molecule has 0 fully saturated rings. The predicted octanol–water partition coefficient (Wildman–Crippen LogP) is 7.64. The van der Waals surface area contributed by atoms with E-state index in [0.29, 0.717) is 19.8 Å². The van der Waals surface area contributed by atoms with E-state index in [1.54, 1.807) is 0 Å². The molecule has 0 radical (unpaired) electrons. The van der Waals surface area contributed by atoms with Crippen LogP contribution in [0.1, 0.15) is 79.1 Å². The van der Waals surface area contributed by atoms with E-state index in [1.807, 2.05) is 20.8 Å². The average molecular weight is 487 g/mol. The van der Waals surface area contributed by atoms with E-state index in [0.717, 1.165) is 19.0 Å². The van der Waals surface area contributed by atoms with Gasteiger partial charge < -0.3 is 14.2 Å². The molecule has 0 amide bonds. The minimum atomic E-state index is -0.948. The number of hydrogen-bond donors (Lipinski definition) is 0. The third kappa shape index (κ3) is 9.42. The molecule has 3 nitrogen and oxygen atoms in total. The lowest BCUT2D eigenvalue weighted by Gasteiger charge is -2.39. The Morgan fingerprint density at radius 3 is 1.56 bits per heavy atom. The van der Waals surface area contributed by atoms with E-state index in [-0.39, 0.29) is 5.92 Å². The van der Waals surface area contributed by atoms with Crippen LogP contribution in [0.2, 0.25) is 0 Å². The maximum absolute atomic E-state index is 6.27. The smallest absolute Gasteiger partial charge is 0.285 e. The fourth-order valence-electron chi connectivity index (χ4n) is 4.66. The maximum atomic E-state index is 6.27. The van der Waals surface area contributed by atoms with E-state index in [4.69, 9.17) is 14.2 Å². The van der Waals surface area contributed by atoms with E-state index in [9.17, 15) is 0 Å². The molecule has 0 saturated carbocycles. The van der Waals surface area contributed by atoms with Gasteiger partial charge in [-0.1, -0.05) is 106 Å². The summed E-state index contributed by atoms with van der Waals surface area (Å²) in [6.45, 7) is 10.1. The van der Waals surface area contributed by atoms with Crippen molar-refractivity contribution in [3.63, 3.8) is 0 Å². The summed E-state index contributed by atoms with van der Waals surface area (Å²) >= 11 is 0. The van der Waals surface area contributed by atoms with Crippen molar-refractivity contribution < 1.29 is 14.2 Å². The average Bonchev–Trinajstić information content (AvgIpc) is 2.86. The predicted molar refractivity (Wildman–Crippen MR) is 148 cm³/mol. The number of benzene rings is 2. The van der Waals surface area contributed by atoms with Gasteiger partial charge in [0.25, 0.3) is 5.97 Å². The summed E-state index contributed by atoms with van der Waals surface area (Å²) in [7, 11) is -0.452. The Hall–Kier alpha value is -1.25. The molecule has 4 heteroatoms. The number of hydrogen-bond acceptors (Lipinski definition) is 3. The van der Waals surface area contributed by atoms with Crippen LogP contribution >= 0.6 is 7.92 Å². The molecule has 190 valence electrons. The molecule has 0 spiro atoms. The van der Waals surface area contributed by atoms with E-state index in [1.165, 1.54) is 49.1 Å². The third-order valence-electron chi connectivity index (χ3n) is 6.28. The summed E-state index contributed by atoms with van der Waals surface area (Å²) in [5, 5.41) is 2.86. The van der Waals surface area contributed by atoms with Crippen LogP contribution in [0.5, 0.6) is 0 Å². The molecule has 2 rings (SSSR count). The van der Waals surface area contributed by atoms with Gasteiger partial charge in [0, 0.05) is 25.7 Å². The molecule has 0 bridgehead atoms. The first-order valence-electron chi connectivity index (χ1n) is 13.5. The first kappa shape index (κ1) is 29.0. The molecule has 0 saturated heterocycles. The third-order valence-corrected chi connectivity index (χ3v) is 8.83. The molecule has 2 aromatic rings. The topological polar surface area (TPSA) is 27.7 Å². The Morgan fingerprint density at radius 1 is 0.618 bits per heavy atom. The van der Waals surface area contributed by atoms with Gasteiger partial charge >= 0.3 is 0 Å². The fraction of sp³-hybridized carbons (Fsp3) is 0.600. The van der Waals surface area contributed by atoms with E-state index < -0.39 is 13.9 Å². The van der Waals surface area contributed by atoms with Crippen molar-refractivity contribution in [1.82, 2.24) is 0 Å². The zero-order valence-electron chi connectivity index (χ0n) is 22.0. The summed E-state index contributed by atoms with van der Waals surface area (Å²) in [5.74, 6) is -0.744. The molecule has 0 aliphatic carbocycles. The van der Waals surface area contributed by atoms with E-state index >= 15 is 0 Å². The second-order valence-electron chi connectivity index (χ2n) is 8.77. The van der Waals surface area contributed by atoms with Crippen LogP contribution in [-0.2, 0) is 14.2 Å². The van der Waals surface area contributed by atoms with Crippen LogP contribution in [0.3, 0.4) is 0 Å². The summed E-state index contributed by atoms with van der Waals surface area (Å²) in [5.41, 5.74) is 0. The van der Waals surface area contributed by atoms with Crippen molar-refractivity contribution in [3.8, 4) is 0 Å². The number of rotatable bonds is 19. The van der Waals surface area contributed by atoms with Crippen LogP contribution in [-0.4, -0.2) is 32.0 Å². The van der Waals surface area contributed by atoms with Crippen molar-refractivity contribution in [3.05, 3.63) is 60.7 Å². The normalized spacial score (nSPS) is 12.9. The van der Waals surface area contributed by atoms with Crippen molar-refractivity contribution >= 4 is 18.5 Å². The van der Waals surface area contributed by atoms with Crippen molar-refractivity contribution in [2.24, 2.45) is 5.92 Å². The van der Waals surface area contributed by atoms with Gasteiger partial charge in [-0.2, -0.15) is 0 Å². The molecule has 34 heavy (non-hydrogen) atoms. The SMILES string of the molecule is CCCCCCCCC(CCP(c1ccccc1)c1ccccc1)C(OCC)(OCC)OCC. The van der Waals surface area contributed by atoms with Crippen LogP contribution in [0, 0.1) is 5.92 Å². The first-order chi connectivity index (χ1) is 16.7. The highest BCUT2D eigenvalue weighted by atomic mass is 31.1. The summed E-state index contributed by atoms with van der Waals surface area (Å²) in [4.78, 5) is 0. The molecule has 0 aromatic heterocycles. The molecular weight excluding hydrogens is 439 g/mol. The van der Waals surface area contributed by atoms with Crippen LogP contribution in [0.25, 0.3) is 0 Å². The van der Waals surface area contributed by atoms with Crippen molar-refractivity contribution in [2.45, 2.75) is 85.0 Å². The zero-order valence-corrected chi connectivity index (χ0v) is 22.9. The first-order valence-corrected chi connectivity index (χ1v) is 15.0. The molecule has 0 N–H and O–H groups in total. The number of ether oxygens (including phenoxy) is 3. The van der Waals surface area contributed by atoms with Gasteiger partial charge in [-0.3, -0.25) is 0 Å². The van der Waals surface area contributed by atoms with Crippen molar-refractivity contribution in [1.29, 1.82) is 0 Å². The molecule has 0 aliphatic heterocycles. The lowest BCUT2D eigenvalue weighted by atomic mass is 9.95. The molecule has 1 atom stereocenters. The highest BCUT2D eigenvalue weighted by Crippen LogP contribution is 2.40. The summed E-state index contributed by atoms with van der Waals surface area (Å²) < 4.78 is 18.8. The largest absolute Gasteiger partial charge is 0.328 e. The lowest BCUT2D eigenvalue weighted by Crippen LogP contribution is -2.47. The molecular formula is C30H47O3P. The number of unbranched alkanes of at least 4 members (excludes halogenated alkanes) is 5. The van der Waals surface area contributed by atoms with E-state index in [2.05, 4.69) is 67.6 Å². The molecule has 1 unspecified atom stereocenters. The second-order valence-corrected chi connectivity index (χ2v) is 11.1. The van der Waals surface area contributed by atoms with Crippen LogP contribution < -0.4 is 10.6 Å². The Morgan fingerprint density at radius 2 is 1.09 bits per heavy atom. The molecule has 0 aliphatic rings.